The van der Waals surface area contributed by atoms with Gasteiger partial charge in [0, 0.05) is 40.4 Å². The Balaban J connectivity index is 1.43. The van der Waals surface area contributed by atoms with Gasteiger partial charge in [-0.15, -0.1) is 0 Å². The monoisotopic (exact) mass is 476 g/mol. The number of hydrogen-bond acceptors (Lipinski definition) is 6. The standard InChI is InChI=1S/C26H25FN4O4/c1-15-12-23(18(4)30(15)25-13-16(2)35-29-25)24(32)14-34-26(33)11-10-22-17(3)28-31(19(22)5)21-8-6-20(27)7-9-21/h6-13H,14H2,1-5H3/b11-10+. The topological polar surface area (TPSA) is 92.2 Å². The third-order valence-electron chi connectivity index (χ3n) is 5.73. The number of hydrogen-bond donors (Lipinski definition) is 0. The number of ether oxygens (including phenoxy) is 1. The molecule has 0 aliphatic heterocycles. The van der Waals surface area contributed by atoms with Gasteiger partial charge in [0.15, 0.2) is 12.4 Å². The molecule has 0 bridgehead atoms. The zero-order valence-electron chi connectivity index (χ0n) is 20.1. The Morgan fingerprint density at radius 1 is 1.06 bits per heavy atom. The highest BCUT2D eigenvalue weighted by Gasteiger charge is 2.19. The quantitative estimate of drug-likeness (QED) is 0.217. The molecule has 3 heterocycles. The van der Waals surface area contributed by atoms with Crippen molar-refractivity contribution in [1.82, 2.24) is 19.5 Å². The molecule has 0 unspecified atom stereocenters. The molecule has 0 aliphatic carbocycles. The molecule has 180 valence electrons. The van der Waals surface area contributed by atoms with Gasteiger partial charge in [0.1, 0.15) is 11.6 Å². The number of aromatic nitrogens is 4. The van der Waals surface area contributed by atoms with Crippen LogP contribution in [0, 0.1) is 40.4 Å². The predicted octanol–water partition coefficient (Wildman–Crippen LogP) is 4.77. The maximum absolute atomic E-state index is 13.2. The summed E-state index contributed by atoms with van der Waals surface area (Å²) in [5.74, 6) is -0.0449. The van der Waals surface area contributed by atoms with Crippen LogP contribution in [0.3, 0.4) is 0 Å². The number of carbonyl (C=O) groups is 2. The second-order valence-corrected chi connectivity index (χ2v) is 8.25. The molecule has 0 aliphatic rings. The maximum Gasteiger partial charge on any atom is 0.331 e. The van der Waals surface area contributed by atoms with Crippen LogP contribution in [0.1, 0.15) is 44.5 Å². The van der Waals surface area contributed by atoms with Gasteiger partial charge in [-0.2, -0.15) is 5.10 Å². The molecule has 4 rings (SSSR count). The Hall–Kier alpha value is -4.27. The summed E-state index contributed by atoms with van der Waals surface area (Å²) in [4.78, 5) is 25.1. The van der Waals surface area contributed by atoms with E-state index in [0.717, 1.165) is 17.0 Å². The Labute approximate surface area is 201 Å². The molecule has 3 aromatic heterocycles. The highest BCUT2D eigenvalue weighted by molar-refractivity contribution is 6.00. The fourth-order valence-corrected chi connectivity index (χ4v) is 4.00. The van der Waals surface area contributed by atoms with Crippen LogP contribution in [0.15, 0.2) is 47.0 Å². The van der Waals surface area contributed by atoms with Crippen LogP contribution in [-0.4, -0.2) is 37.9 Å². The van der Waals surface area contributed by atoms with Crippen LogP contribution in [0.2, 0.25) is 0 Å². The molecule has 8 nitrogen and oxygen atoms in total. The van der Waals surface area contributed by atoms with Crippen molar-refractivity contribution in [3.63, 3.8) is 0 Å². The molecule has 0 atom stereocenters. The molecule has 4 aromatic rings. The molecule has 0 amide bonds. The third kappa shape index (κ3) is 4.84. The summed E-state index contributed by atoms with van der Waals surface area (Å²) in [5, 5.41) is 8.48. The highest BCUT2D eigenvalue weighted by atomic mass is 19.1. The number of esters is 1. The lowest BCUT2D eigenvalue weighted by Crippen LogP contribution is -2.13. The zero-order chi connectivity index (χ0) is 25.3. The Bertz CT molecular complexity index is 1440. The number of nitrogens with zero attached hydrogens (tertiary/aromatic N) is 4. The number of aryl methyl sites for hydroxylation is 3. The van der Waals surface area contributed by atoms with Crippen molar-refractivity contribution in [2.24, 2.45) is 0 Å². The normalized spacial score (nSPS) is 11.4. The van der Waals surface area contributed by atoms with E-state index < -0.39 is 12.6 Å². The van der Waals surface area contributed by atoms with Gasteiger partial charge in [-0.1, -0.05) is 5.16 Å². The van der Waals surface area contributed by atoms with Gasteiger partial charge in [0.2, 0.25) is 5.78 Å². The van der Waals surface area contributed by atoms with Gasteiger partial charge in [0.05, 0.1) is 11.4 Å². The molecule has 0 saturated heterocycles. The molecule has 1 aromatic carbocycles. The highest BCUT2D eigenvalue weighted by Crippen LogP contribution is 2.22. The van der Waals surface area contributed by atoms with E-state index in [-0.39, 0.29) is 11.6 Å². The summed E-state index contributed by atoms with van der Waals surface area (Å²) in [6.45, 7) is 8.73. The summed E-state index contributed by atoms with van der Waals surface area (Å²) in [6.07, 6.45) is 2.87. The molecule has 9 heteroatoms. The molecule has 0 saturated carbocycles. The largest absolute Gasteiger partial charge is 0.454 e. The number of halogens is 1. The van der Waals surface area contributed by atoms with E-state index in [9.17, 15) is 14.0 Å². The first kappa shape index (κ1) is 23.9. The number of ketones is 1. The lowest BCUT2D eigenvalue weighted by Gasteiger charge is -2.05. The van der Waals surface area contributed by atoms with Gasteiger partial charge >= 0.3 is 5.97 Å². The average Bonchev–Trinajstić information content (AvgIpc) is 3.46. The minimum atomic E-state index is -0.646. The first-order valence-corrected chi connectivity index (χ1v) is 11.0. The van der Waals surface area contributed by atoms with Gasteiger partial charge in [-0.3, -0.25) is 9.36 Å². The molecule has 0 N–H and O–H groups in total. The van der Waals surface area contributed by atoms with Crippen LogP contribution in [-0.2, 0) is 9.53 Å². The van der Waals surface area contributed by atoms with Gasteiger partial charge in [-0.05, 0) is 71.0 Å². The second kappa shape index (κ2) is 9.54. The fourth-order valence-electron chi connectivity index (χ4n) is 4.00. The van der Waals surface area contributed by atoms with Crippen LogP contribution >= 0.6 is 0 Å². The van der Waals surface area contributed by atoms with Crippen molar-refractivity contribution in [2.75, 3.05) is 6.61 Å². The smallest absolute Gasteiger partial charge is 0.331 e. The van der Waals surface area contributed by atoms with Crippen molar-refractivity contribution >= 4 is 17.8 Å². The predicted molar refractivity (Wildman–Crippen MR) is 127 cm³/mol. The van der Waals surface area contributed by atoms with E-state index in [4.69, 9.17) is 9.26 Å². The SMILES string of the molecule is Cc1cc(-n2c(C)cc(C(=O)COC(=O)/C=C/c3c(C)nn(-c4ccc(F)cc4)c3C)c2C)no1. The van der Waals surface area contributed by atoms with Crippen LogP contribution in [0.4, 0.5) is 4.39 Å². The Morgan fingerprint density at radius 3 is 2.43 bits per heavy atom. The third-order valence-corrected chi connectivity index (χ3v) is 5.73. The van der Waals surface area contributed by atoms with Gasteiger partial charge in [0.25, 0.3) is 0 Å². The van der Waals surface area contributed by atoms with Crippen molar-refractivity contribution in [3.8, 4) is 11.5 Å². The van der Waals surface area contributed by atoms with E-state index in [1.165, 1.54) is 18.2 Å². The molecular formula is C26H25FN4O4. The molecule has 0 spiro atoms. The first-order chi connectivity index (χ1) is 16.7. The Morgan fingerprint density at radius 2 is 1.77 bits per heavy atom. The van der Waals surface area contributed by atoms with Gasteiger partial charge in [-0.25, -0.2) is 13.9 Å². The van der Waals surface area contributed by atoms with E-state index in [1.54, 1.807) is 48.9 Å². The second-order valence-electron chi connectivity index (χ2n) is 8.25. The lowest BCUT2D eigenvalue weighted by molar-refractivity contribution is -0.136. The Kier molecular flexibility index (Phi) is 6.50. The lowest BCUT2D eigenvalue weighted by atomic mass is 10.1. The van der Waals surface area contributed by atoms with E-state index in [0.29, 0.717) is 34.2 Å². The van der Waals surface area contributed by atoms with Gasteiger partial charge < -0.3 is 9.26 Å². The first-order valence-electron chi connectivity index (χ1n) is 11.0. The van der Waals surface area contributed by atoms with Crippen molar-refractivity contribution in [2.45, 2.75) is 34.6 Å². The number of rotatable bonds is 7. The van der Waals surface area contributed by atoms with Crippen molar-refractivity contribution < 1.29 is 23.2 Å². The van der Waals surface area contributed by atoms with Crippen LogP contribution in [0.25, 0.3) is 17.6 Å². The number of carbonyl (C=O) groups excluding carboxylic acids is 2. The molecule has 35 heavy (non-hydrogen) atoms. The summed E-state index contributed by atoms with van der Waals surface area (Å²) in [7, 11) is 0. The van der Waals surface area contributed by atoms with Crippen LogP contribution in [0.5, 0.6) is 0 Å². The minimum absolute atomic E-state index is 0.317. The average molecular weight is 477 g/mol. The summed E-state index contributed by atoms with van der Waals surface area (Å²) in [5.41, 5.74) is 4.88. The summed E-state index contributed by atoms with van der Waals surface area (Å²) < 4.78 is 27.0. The van der Waals surface area contributed by atoms with Crippen LogP contribution < -0.4 is 0 Å². The summed E-state index contributed by atoms with van der Waals surface area (Å²) in [6, 6.07) is 9.49. The molecule has 0 fully saturated rings. The fraction of sp³-hybridized carbons (Fsp3) is 0.231. The number of Topliss-reactive ketones (excluding diaryl/α,β-unsaturated/α-hetero) is 1. The number of benzene rings is 1. The molecule has 0 radical (unpaired) electrons. The maximum atomic E-state index is 13.2. The molecular weight excluding hydrogens is 451 g/mol. The van der Waals surface area contributed by atoms with Crippen molar-refractivity contribution in [1.29, 1.82) is 0 Å². The summed E-state index contributed by atoms with van der Waals surface area (Å²) >= 11 is 0. The zero-order valence-corrected chi connectivity index (χ0v) is 20.1. The van der Waals surface area contributed by atoms with E-state index in [1.807, 2.05) is 25.3 Å². The van der Waals surface area contributed by atoms with E-state index >= 15 is 0 Å². The van der Waals surface area contributed by atoms with Crippen molar-refractivity contribution in [3.05, 3.63) is 88.0 Å². The minimum Gasteiger partial charge on any atom is -0.454 e. The van der Waals surface area contributed by atoms with E-state index in [2.05, 4.69) is 10.3 Å².